The van der Waals surface area contributed by atoms with Crippen molar-refractivity contribution < 1.29 is 4.39 Å². The lowest BCUT2D eigenvalue weighted by atomic mass is 9.97. The predicted octanol–water partition coefficient (Wildman–Crippen LogP) is 4.38. The Bertz CT molecular complexity index is 425. The predicted molar refractivity (Wildman–Crippen MR) is 97.7 cm³/mol. The molecule has 1 aromatic carbocycles. The normalized spacial score (nSPS) is 17.3. The van der Waals surface area contributed by atoms with Crippen LogP contribution >= 0.6 is 35.0 Å². The number of hydrogen-bond acceptors (Lipinski definition) is 2. The highest BCUT2D eigenvalue weighted by Crippen LogP contribution is 2.30. The summed E-state index contributed by atoms with van der Waals surface area (Å²) in [6.07, 6.45) is 4.68. The van der Waals surface area contributed by atoms with Crippen molar-refractivity contribution in [3.05, 3.63) is 33.1 Å². The molecule has 1 N–H and O–H groups in total. The zero-order valence-electron chi connectivity index (χ0n) is 12.6. The van der Waals surface area contributed by atoms with E-state index in [1.54, 1.807) is 6.07 Å². The van der Waals surface area contributed by atoms with Gasteiger partial charge in [0.2, 0.25) is 0 Å². The first-order valence-electron chi connectivity index (χ1n) is 7.62. The van der Waals surface area contributed by atoms with Crippen LogP contribution in [0.2, 0.25) is 0 Å². The van der Waals surface area contributed by atoms with Gasteiger partial charge in [0.15, 0.2) is 0 Å². The third-order valence-corrected chi connectivity index (χ3v) is 4.66. The summed E-state index contributed by atoms with van der Waals surface area (Å²) in [5, 5.41) is 3.38. The van der Waals surface area contributed by atoms with Crippen molar-refractivity contribution in [1.29, 1.82) is 0 Å². The molecule has 0 bridgehead atoms. The van der Waals surface area contributed by atoms with Crippen LogP contribution < -0.4 is 5.32 Å². The molecule has 0 spiro atoms. The molecule has 1 heterocycles. The quantitative estimate of drug-likeness (QED) is 0.536. The Morgan fingerprint density at radius 3 is 2.67 bits per heavy atom. The van der Waals surface area contributed by atoms with Gasteiger partial charge in [-0.1, -0.05) is 26.2 Å². The lowest BCUT2D eigenvalue weighted by Gasteiger charge is -2.35. The molecule has 21 heavy (non-hydrogen) atoms. The van der Waals surface area contributed by atoms with Crippen LogP contribution in [0.3, 0.4) is 0 Å². The van der Waals surface area contributed by atoms with E-state index in [4.69, 9.17) is 0 Å². The highest BCUT2D eigenvalue weighted by molar-refractivity contribution is 14.1. The lowest BCUT2D eigenvalue weighted by Crippen LogP contribution is -2.45. The zero-order chi connectivity index (χ0) is 14.4. The third kappa shape index (κ3) is 5.66. The highest BCUT2D eigenvalue weighted by Gasteiger charge is 2.24. The molecule has 0 aromatic heterocycles. The average molecular weight is 427 g/mol. The van der Waals surface area contributed by atoms with E-state index in [0.717, 1.165) is 41.7 Å². The molecule has 2 nitrogen and oxygen atoms in total. The molecule has 120 valence electrons. The van der Waals surface area contributed by atoms with E-state index in [-0.39, 0.29) is 24.3 Å². The molecular formula is C16H25ClFIN2. The van der Waals surface area contributed by atoms with Gasteiger partial charge in [-0.05, 0) is 47.2 Å². The molecule has 0 saturated carbocycles. The van der Waals surface area contributed by atoms with E-state index in [2.05, 4.69) is 39.7 Å². The van der Waals surface area contributed by atoms with E-state index >= 15 is 0 Å². The fraction of sp³-hybridized carbons (Fsp3) is 0.625. The van der Waals surface area contributed by atoms with Crippen LogP contribution in [0.25, 0.3) is 0 Å². The van der Waals surface area contributed by atoms with Crippen LogP contribution in [-0.4, -0.2) is 31.1 Å². The van der Waals surface area contributed by atoms with Crippen LogP contribution in [0.1, 0.15) is 44.2 Å². The highest BCUT2D eigenvalue weighted by atomic mass is 127. The Hall–Kier alpha value is 0.0900. The minimum Gasteiger partial charge on any atom is -0.314 e. The van der Waals surface area contributed by atoms with E-state index in [0.29, 0.717) is 0 Å². The van der Waals surface area contributed by atoms with E-state index in [1.165, 1.54) is 19.3 Å². The van der Waals surface area contributed by atoms with Crippen molar-refractivity contribution in [3.63, 3.8) is 0 Å². The molecule has 1 saturated heterocycles. The zero-order valence-corrected chi connectivity index (χ0v) is 15.6. The third-order valence-electron chi connectivity index (χ3n) is 3.99. The average Bonchev–Trinajstić information content (AvgIpc) is 2.48. The summed E-state index contributed by atoms with van der Waals surface area (Å²) in [6, 6.07) is 5.72. The number of piperazine rings is 1. The maximum atomic E-state index is 14.2. The van der Waals surface area contributed by atoms with Crippen molar-refractivity contribution in [2.75, 3.05) is 26.2 Å². The van der Waals surface area contributed by atoms with Gasteiger partial charge in [-0.3, -0.25) is 4.90 Å². The smallest absolute Gasteiger partial charge is 0.128 e. The number of hydrogen-bond donors (Lipinski definition) is 1. The summed E-state index contributed by atoms with van der Waals surface area (Å²) in [7, 11) is 0. The van der Waals surface area contributed by atoms with Crippen LogP contribution in [0.5, 0.6) is 0 Å². The standard InChI is InChI=1S/C16H24FIN2.ClH/c1-2-3-4-5-16(20-10-8-19-9-11-20)14-12-13(18)6-7-15(14)17;/h6-7,12,16,19H,2-5,8-11H2,1H3;1H/t16-;/m1./s1. The summed E-state index contributed by atoms with van der Waals surface area (Å²) in [4.78, 5) is 2.45. The Morgan fingerprint density at radius 1 is 1.29 bits per heavy atom. The second-order valence-electron chi connectivity index (χ2n) is 5.46. The van der Waals surface area contributed by atoms with Gasteiger partial charge in [0.1, 0.15) is 5.82 Å². The Morgan fingerprint density at radius 2 is 2.00 bits per heavy atom. The number of benzene rings is 1. The second kappa shape index (κ2) is 9.98. The molecule has 2 rings (SSSR count). The van der Waals surface area contributed by atoms with Gasteiger partial charge in [-0.15, -0.1) is 12.4 Å². The summed E-state index contributed by atoms with van der Waals surface area (Å²) in [5.74, 6) is -0.0505. The summed E-state index contributed by atoms with van der Waals surface area (Å²) in [5.41, 5.74) is 0.884. The Kier molecular flexibility index (Phi) is 9.09. The maximum Gasteiger partial charge on any atom is 0.128 e. The van der Waals surface area contributed by atoms with E-state index in [1.807, 2.05) is 12.1 Å². The molecule has 5 heteroatoms. The van der Waals surface area contributed by atoms with Crippen molar-refractivity contribution in [2.24, 2.45) is 0 Å². The molecule has 1 aromatic rings. The van der Waals surface area contributed by atoms with Crippen molar-refractivity contribution in [3.8, 4) is 0 Å². The topological polar surface area (TPSA) is 15.3 Å². The lowest BCUT2D eigenvalue weighted by molar-refractivity contribution is 0.159. The number of nitrogens with zero attached hydrogens (tertiary/aromatic N) is 1. The molecule has 1 fully saturated rings. The van der Waals surface area contributed by atoms with Gasteiger partial charge in [0.05, 0.1) is 0 Å². The molecule has 1 atom stereocenters. The van der Waals surface area contributed by atoms with E-state index in [9.17, 15) is 4.39 Å². The second-order valence-corrected chi connectivity index (χ2v) is 6.71. The first-order valence-corrected chi connectivity index (χ1v) is 8.70. The molecule has 1 aliphatic rings. The summed E-state index contributed by atoms with van der Waals surface area (Å²) < 4.78 is 15.4. The molecule has 0 aliphatic carbocycles. The SMILES string of the molecule is CCCCC[C@H](c1cc(I)ccc1F)N1CCNCC1.Cl. The maximum absolute atomic E-state index is 14.2. The Balaban J connectivity index is 0.00000220. The molecule has 0 amide bonds. The van der Waals surface area contributed by atoms with Gasteiger partial charge in [0.25, 0.3) is 0 Å². The van der Waals surface area contributed by atoms with Gasteiger partial charge >= 0.3 is 0 Å². The van der Waals surface area contributed by atoms with Crippen LogP contribution in [0, 0.1) is 9.39 Å². The van der Waals surface area contributed by atoms with E-state index < -0.39 is 0 Å². The van der Waals surface area contributed by atoms with Gasteiger partial charge in [-0.2, -0.15) is 0 Å². The summed E-state index contributed by atoms with van der Waals surface area (Å²) in [6.45, 7) is 6.26. The fourth-order valence-corrected chi connectivity index (χ4v) is 3.40. The van der Waals surface area contributed by atoms with Gasteiger partial charge in [-0.25, -0.2) is 4.39 Å². The fourth-order valence-electron chi connectivity index (χ4n) is 2.89. The number of rotatable bonds is 6. The number of nitrogens with one attached hydrogen (secondary N) is 1. The van der Waals surface area contributed by atoms with Crippen molar-refractivity contribution in [2.45, 2.75) is 38.6 Å². The minimum absolute atomic E-state index is 0. The minimum atomic E-state index is -0.0505. The first kappa shape index (κ1) is 19.1. The largest absolute Gasteiger partial charge is 0.314 e. The van der Waals surface area contributed by atoms with Gasteiger partial charge in [0, 0.05) is 41.4 Å². The number of halogens is 3. The van der Waals surface area contributed by atoms with Crippen LogP contribution in [0.4, 0.5) is 4.39 Å². The monoisotopic (exact) mass is 426 g/mol. The molecule has 0 radical (unpaired) electrons. The molecule has 0 unspecified atom stereocenters. The van der Waals surface area contributed by atoms with Gasteiger partial charge < -0.3 is 5.32 Å². The molecule has 1 aliphatic heterocycles. The summed E-state index contributed by atoms with van der Waals surface area (Å²) >= 11 is 2.27. The van der Waals surface area contributed by atoms with Crippen LogP contribution in [0.15, 0.2) is 18.2 Å². The number of unbranched alkanes of at least 4 members (excludes halogenated alkanes) is 2. The first-order chi connectivity index (χ1) is 9.72. The van der Waals surface area contributed by atoms with Crippen LogP contribution in [-0.2, 0) is 0 Å². The van der Waals surface area contributed by atoms with Crippen molar-refractivity contribution in [1.82, 2.24) is 10.2 Å². The van der Waals surface area contributed by atoms with Crippen molar-refractivity contribution >= 4 is 35.0 Å². The Labute approximate surface area is 147 Å². The molecular weight excluding hydrogens is 402 g/mol.